The highest BCUT2D eigenvalue weighted by Crippen LogP contribution is 2.24. The standard InChI is InChI=1S/C14H19Cl2NO4/c15-9-2-1-8(5-10(9)16)3-4-17-6-12(19)14(21)13(20)11(17)7-18/h1-2,5,11-14,18-21H,3-4,6-7H2/t11-,12-,13+,14+/m0/s1. The van der Waals surface area contributed by atoms with Crippen molar-refractivity contribution in [3.63, 3.8) is 0 Å². The molecule has 0 aliphatic carbocycles. The fraction of sp³-hybridized carbons (Fsp3) is 0.571. The summed E-state index contributed by atoms with van der Waals surface area (Å²) >= 11 is 11.8. The van der Waals surface area contributed by atoms with Gasteiger partial charge in [-0.15, -0.1) is 0 Å². The van der Waals surface area contributed by atoms with E-state index < -0.39 is 24.4 Å². The summed E-state index contributed by atoms with van der Waals surface area (Å²) in [6.45, 7) is 0.432. The molecule has 4 N–H and O–H groups in total. The van der Waals surface area contributed by atoms with Crippen LogP contribution in [-0.4, -0.2) is 69.4 Å². The number of likely N-dealkylation sites (tertiary alicyclic amines) is 1. The lowest BCUT2D eigenvalue weighted by Gasteiger charge is -2.43. The van der Waals surface area contributed by atoms with Gasteiger partial charge in [0.2, 0.25) is 0 Å². The van der Waals surface area contributed by atoms with Crippen LogP contribution in [0.15, 0.2) is 18.2 Å². The highest BCUT2D eigenvalue weighted by Gasteiger charge is 2.40. The number of benzene rings is 1. The fourth-order valence-corrected chi connectivity index (χ4v) is 2.92. The zero-order chi connectivity index (χ0) is 15.6. The van der Waals surface area contributed by atoms with Gasteiger partial charge in [-0.3, -0.25) is 4.90 Å². The molecule has 0 aromatic heterocycles. The maximum absolute atomic E-state index is 9.91. The Balaban J connectivity index is 2.02. The molecular formula is C14H19Cl2NO4. The quantitative estimate of drug-likeness (QED) is 0.636. The Kier molecular flexibility index (Phi) is 5.85. The normalized spacial score (nSPS) is 30.6. The van der Waals surface area contributed by atoms with Gasteiger partial charge < -0.3 is 20.4 Å². The number of aliphatic hydroxyl groups is 4. The molecule has 118 valence electrons. The number of hydrogen-bond donors (Lipinski definition) is 4. The van der Waals surface area contributed by atoms with Gasteiger partial charge in [0, 0.05) is 13.1 Å². The topological polar surface area (TPSA) is 84.2 Å². The van der Waals surface area contributed by atoms with Crippen LogP contribution >= 0.6 is 23.2 Å². The molecule has 0 unspecified atom stereocenters. The van der Waals surface area contributed by atoms with Crippen molar-refractivity contribution in [3.8, 4) is 0 Å². The second kappa shape index (κ2) is 7.24. The van der Waals surface area contributed by atoms with Crippen LogP contribution in [0.4, 0.5) is 0 Å². The van der Waals surface area contributed by atoms with E-state index >= 15 is 0 Å². The molecule has 5 nitrogen and oxygen atoms in total. The molecule has 1 fully saturated rings. The number of rotatable bonds is 4. The van der Waals surface area contributed by atoms with Gasteiger partial charge in [-0.1, -0.05) is 29.3 Å². The van der Waals surface area contributed by atoms with E-state index in [1.54, 1.807) is 17.0 Å². The highest BCUT2D eigenvalue weighted by molar-refractivity contribution is 6.42. The monoisotopic (exact) mass is 335 g/mol. The van der Waals surface area contributed by atoms with Gasteiger partial charge in [0.1, 0.15) is 12.2 Å². The predicted octanol–water partition coefficient (Wildman–Crippen LogP) is 0.295. The molecule has 2 rings (SSSR count). The molecule has 1 aromatic carbocycles. The first-order chi connectivity index (χ1) is 9.93. The van der Waals surface area contributed by atoms with Gasteiger partial charge in [-0.25, -0.2) is 0 Å². The molecule has 0 radical (unpaired) electrons. The molecule has 1 saturated heterocycles. The number of aliphatic hydroxyl groups excluding tert-OH is 4. The maximum Gasteiger partial charge on any atom is 0.109 e. The van der Waals surface area contributed by atoms with Crippen molar-refractivity contribution >= 4 is 23.2 Å². The van der Waals surface area contributed by atoms with E-state index in [2.05, 4.69) is 0 Å². The number of halogens is 2. The van der Waals surface area contributed by atoms with Crippen LogP contribution in [0, 0.1) is 0 Å². The average molecular weight is 336 g/mol. The molecule has 0 amide bonds. The van der Waals surface area contributed by atoms with Crippen LogP contribution in [-0.2, 0) is 6.42 Å². The first-order valence-corrected chi connectivity index (χ1v) is 7.52. The van der Waals surface area contributed by atoms with Crippen LogP contribution in [0.3, 0.4) is 0 Å². The van der Waals surface area contributed by atoms with E-state index in [1.165, 1.54) is 0 Å². The lowest BCUT2D eigenvalue weighted by atomic mass is 9.94. The molecule has 1 aromatic rings. The van der Waals surface area contributed by atoms with E-state index in [0.29, 0.717) is 23.0 Å². The van der Waals surface area contributed by atoms with Gasteiger partial charge in [0.15, 0.2) is 0 Å². The molecule has 1 heterocycles. The number of hydrogen-bond acceptors (Lipinski definition) is 5. The van der Waals surface area contributed by atoms with Crippen molar-refractivity contribution < 1.29 is 20.4 Å². The zero-order valence-corrected chi connectivity index (χ0v) is 12.9. The largest absolute Gasteiger partial charge is 0.395 e. The van der Waals surface area contributed by atoms with E-state index in [4.69, 9.17) is 23.2 Å². The Morgan fingerprint density at radius 2 is 1.81 bits per heavy atom. The highest BCUT2D eigenvalue weighted by atomic mass is 35.5. The van der Waals surface area contributed by atoms with Crippen molar-refractivity contribution in [3.05, 3.63) is 33.8 Å². The third-order valence-electron chi connectivity index (χ3n) is 3.89. The Labute approximate surface area is 133 Å². The Hall–Kier alpha value is -0.400. The van der Waals surface area contributed by atoms with Gasteiger partial charge >= 0.3 is 0 Å². The molecule has 1 aliphatic rings. The lowest BCUT2D eigenvalue weighted by molar-refractivity contribution is -0.144. The molecule has 1 aliphatic heterocycles. The molecular weight excluding hydrogens is 317 g/mol. The maximum atomic E-state index is 9.91. The minimum atomic E-state index is -1.23. The summed E-state index contributed by atoms with van der Waals surface area (Å²) in [4.78, 5) is 1.77. The van der Waals surface area contributed by atoms with Gasteiger partial charge in [-0.2, -0.15) is 0 Å². The SMILES string of the molecule is OC[C@H]1[C@@H](O)[C@H](O)[C@@H](O)CN1CCc1ccc(Cl)c(Cl)c1. The summed E-state index contributed by atoms with van der Waals surface area (Å²) in [5.41, 5.74) is 0.969. The van der Waals surface area contributed by atoms with E-state index in [-0.39, 0.29) is 13.2 Å². The van der Waals surface area contributed by atoms with Gasteiger partial charge in [-0.05, 0) is 24.1 Å². The van der Waals surface area contributed by atoms with Crippen LogP contribution in [0.25, 0.3) is 0 Å². The molecule has 0 spiro atoms. The smallest absolute Gasteiger partial charge is 0.109 e. The second-order valence-corrected chi connectivity index (χ2v) is 6.11. The van der Waals surface area contributed by atoms with E-state index in [0.717, 1.165) is 5.56 Å². The molecule has 4 atom stereocenters. The van der Waals surface area contributed by atoms with Crippen molar-refractivity contribution in [2.75, 3.05) is 19.7 Å². The van der Waals surface area contributed by atoms with Crippen LogP contribution in [0.1, 0.15) is 5.56 Å². The van der Waals surface area contributed by atoms with Crippen molar-refractivity contribution in [1.82, 2.24) is 4.90 Å². The Morgan fingerprint density at radius 3 is 2.43 bits per heavy atom. The van der Waals surface area contributed by atoms with Crippen molar-refractivity contribution in [2.24, 2.45) is 0 Å². The minimum Gasteiger partial charge on any atom is -0.395 e. The summed E-state index contributed by atoms with van der Waals surface area (Å²) in [6.07, 6.45) is -2.81. The van der Waals surface area contributed by atoms with Crippen LogP contribution in [0.2, 0.25) is 10.0 Å². The minimum absolute atomic E-state index is 0.199. The zero-order valence-electron chi connectivity index (χ0n) is 11.4. The van der Waals surface area contributed by atoms with Crippen molar-refractivity contribution in [1.29, 1.82) is 0 Å². The Bertz CT molecular complexity index is 488. The molecule has 21 heavy (non-hydrogen) atoms. The van der Waals surface area contributed by atoms with E-state index in [1.807, 2.05) is 6.07 Å². The molecule has 7 heteroatoms. The third kappa shape index (κ3) is 3.87. The number of piperidine rings is 1. The lowest BCUT2D eigenvalue weighted by Crippen LogP contribution is -2.62. The summed E-state index contributed by atoms with van der Waals surface area (Å²) in [7, 11) is 0. The summed E-state index contributed by atoms with van der Waals surface area (Å²) in [5, 5.41) is 39.6. The van der Waals surface area contributed by atoms with Gasteiger partial charge in [0.05, 0.1) is 28.8 Å². The van der Waals surface area contributed by atoms with Crippen LogP contribution < -0.4 is 0 Å². The van der Waals surface area contributed by atoms with Gasteiger partial charge in [0.25, 0.3) is 0 Å². The number of β-amino-alcohol motifs (C(OH)–C–C–N with tert-alkyl or cyclic N) is 1. The predicted molar refractivity (Wildman–Crippen MR) is 80.6 cm³/mol. The first kappa shape index (κ1) is 17.0. The average Bonchev–Trinajstić information content (AvgIpc) is 2.46. The summed E-state index contributed by atoms with van der Waals surface area (Å²) < 4.78 is 0. The van der Waals surface area contributed by atoms with Crippen LogP contribution in [0.5, 0.6) is 0 Å². The molecule has 0 bridgehead atoms. The second-order valence-electron chi connectivity index (χ2n) is 5.29. The Morgan fingerprint density at radius 1 is 1.10 bits per heavy atom. The summed E-state index contributed by atoms with van der Waals surface area (Å²) in [5.74, 6) is 0. The molecule has 0 saturated carbocycles. The van der Waals surface area contributed by atoms with Crippen molar-refractivity contribution in [2.45, 2.75) is 30.8 Å². The summed E-state index contributed by atoms with van der Waals surface area (Å²) in [6, 6.07) is 4.75. The van der Waals surface area contributed by atoms with E-state index in [9.17, 15) is 20.4 Å². The fourth-order valence-electron chi connectivity index (χ4n) is 2.60. The first-order valence-electron chi connectivity index (χ1n) is 6.77. The number of nitrogens with zero attached hydrogens (tertiary/aromatic N) is 1. The third-order valence-corrected chi connectivity index (χ3v) is 4.63.